The van der Waals surface area contributed by atoms with Crippen molar-refractivity contribution in [3.8, 4) is 0 Å². The number of nitrogens with zero attached hydrogens (tertiary/aromatic N) is 3. The lowest BCUT2D eigenvalue weighted by Crippen LogP contribution is -2.45. The van der Waals surface area contributed by atoms with Crippen molar-refractivity contribution in [2.24, 2.45) is 0 Å². The van der Waals surface area contributed by atoms with Crippen LogP contribution in [0.3, 0.4) is 0 Å². The minimum Gasteiger partial charge on any atom is -0.339 e. The number of hydrogen-bond donors (Lipinski definition) is 1. The molecule has 2 aliphatic heterocycles. The number of carbonyl (C=O) groups is 3. The van der Waals surface area contributed by atoms with Crippen LogP contribution in [0.25, 0.3) is 0 Å². The van der Waals surface area contributed by atoms with Gasteiger partial charge in [0.05, 0.1) is 6.42 Å². The third-order valence-electron chi connectivity index (χ3n) is 5.23. The molecule has 148 valence electrons. The summed E-state index contributed by atoms with van der Waals surface area (Å²) >= 11 is 0. The molecule has 26 heavy (non-hydrogen) atoms. The summed E-state index contributed by atoms with van der Waals surface area (Å²) in [4.78, 5) is 42.5. The summed E-state index contributed by atoms with van der Waals surface area (Å²) in [6, 6.07) is -1.02. The van der Waals surface area contributed by atoms with E-state index in [9.17, 15) is 14.4 Å². The van der Waals surface area contributed by atoms with Gasteiger partial charge in [-0.05, 0) is 46.2 Å². The minimum absolute atomic E-state index is 0.0446. The first-order valence-electron chi connectivity index (χ1n) is 10.1. The van der Waals surface area contributed by atoms with Crippen LogP contribution in [0.1, 0.15) is 59.3 Å². The van der Waals surface area contributed by atoms with Crippen LogP contribution >= 0.6 is 0 Å². The van der Waals surface area contributed by atoms with Gasteiger partial charge < -0.3 is 15.1 Å². The van der Waals surface area contributed by atoms with E-state index >= 15 is 0 Å². The Morgan fingerprint density at radius 2 is 1.81 bits per heavy atom. The van der Waals surface area contributed by atoms with Crippen molar-refractivity contribution in [2.45, 2.75) is 71.4 Å². The van der Waals surface area contributed by atoms with Gasteiger partial charge in [-0.3, -0.25) is 14.5 Å². The molecule has 1 N–H and O–H groups in total. The zero-order chi connectivity index (χ0) is 19.1. The molecular formula is C19H34N4O3. The van der Waals surface area contributed by atoms with Gasteiger partial charge in [-0.2, -0.15) is 0 Å². The van der Waals surface area contributed by atoms with Gasteiger partial charge >= 0.3 is 6.03 Å². The Kier molecular flexibility index (Phi) is 7.87. The van der Waals surface area contributed by atoms with Gasteiger partial charge in [0.1, 0.15) is 6.04 Å². The lowest BCUT2D eigenvalue weighted by molar-refractivity contribution is -0.137. The second-order valence-corrected chi connectivity index (χ2v) is 7.63. The normalized spacial score (nSPS) is 21.8. The largest absolute Gasteiger partial charge is 0.339 e. The van der Waals surface area contributed by atoms with Crippen LogP contribution < -0.4 is 5.32 Å². The Balaban J connectivity index is 1.89. The number of amides is 4. The fourth-order valence-corrected chi connectivity index (χ4v) is 3.72. The molecule has 7 nitrogen and oxygen atoms in total. The third-order valence-corrected chi connectivity index (χ3v) is 5.23. The highest BCUT2D eigenvalue weighted by atomic mass is 16.2. The monoisotopic (exact) mass is 366 g/mol. The second-order valence-electron chi connectivity index (χ2n) is 7.63. The first-order chi connectivity index (χ1) is 12.4. The lowest BCUT2D eigenvalue weighted by atomic mass is 10.1. The fourth-order valence-electron chi connectivity index (χ4n) is 3.72. The van der Waals surface area contributed by atoms with E-state index in [-0.39, 0.29) is 30.3 Å². The van der Waals surface area contributed by atoms with Crippen LogP contribution in [0, 0.1) is 0 Å². The maximum absolute atomic E-state index is 12.8. The standard InChI is InChI=1S/C19H34N4O3/c1-4-9-23-18(25)16(20-19(23)26)14-17(24)22(15(2)3)13-12-21-10-7-5-6-8-11-21/h15-16H,4-14H2,1-3H3,(H,20,26)/t16-/m1/s1. The van der Waals surface area contributed by atoms with Gasteiger partial charge in [0.25, 0.3) is 5.91 Å². The smallest absolute Gasteiger partial charge is 0.324 e. The zero-order valence-corrected chi connectivity index (χ0v) is 16.5. The van der Waals surface area contributed by atoms with E-state index < -0.39 is 6.04 Å². The van der Waals surface area contributed by atoms with Gasteiger partial charge in [-0.1, -0.05) is 19.8 Å². The predicted octanol–water partition coefficient (Wildman–Crippen LogP) is 1.82. The molecule has 2 heterocycles. The molecule has 4 amide bonds. The number of carbonyl (C=O) groups excluding carboxylic acids is 3. The summed E-state index contributed by atoms with van der Waals surface area (Å²) < 4.78 is 0. The van der Waals surface area contributed by atoms with Crippen LogP contribution in [0.2, 0.25) is 0 Å². The highest BCUT2D eigenvalue weighted by Crippen LogP contribution is 2.14. The molecule has 0 aliphatic carbocycles. The minimum atomic E-state index is -0.721. The number of hydrogen-bond acceptors (Lipinski definition) is 4. The molecule has 1 atom stereocenters. The van der Waals surface area contributed by atoms with Crippen molar-refractivity contribution in [1.82, 2.24) is 20.0 Å². The van der Waals surface area contributed by atoms with Gasteiger partial charge in [0, 0.05) is 25.7 Å². The Morgan fingerprint density at radius 3 is 2.38 bits per heavy atom. The predicted molar refractivity (Wildman–Crippen MR) is 101 cm³/mol. The van der Waals surface area contributed by atoms with E-state index in [1.165, 1.54) is 30.6 Å². The summed E-state index contributed by atoms with van der Waals surface area (Å²) in [5, 5.41) is 2.66. The summed E-state index contributed by atoms with van der Waals surface area (Å²) in [6.07, 6.45) is 5.80. The van der Waals surface area contributed by atoms with Crippen molar-refractivity contribution >= 4 is 17.8 Å². The van der Waals surface area contributed by atoms with Crippen LogP contribution in [0.15, 0.2) is 0 Å². The number of likely N-dealkylation sites (tertiary alicyclic amines) is 1. The third kappa shape index (κ3) is 5.43. The fraction of sp³-hybridized carbons (Fsp3) is 0.842. The van der Waals surface area contributed by atoms with E-state index in [1.807, 2.05) is 25.7 Å². The first kappa shape index (κ1) is 20.7. The Bertz CT molecular complexity index is 501. The quantitative estimate of drug-likeness (QED) is 0.665. The van der Waals surface area contributed by atoms with Crippen molar-refractivity contribution < 1.29 is 14.4 Å². The molecule has 0 aromatic rings. The molecule has 2 aliphatic rings. The summed E-state index contributed by atoms with van der Waals surface area (Å²) in [5.74, 6) is -0.340. The van der Waals surface area contributed by atoms with Crippen LogP contribution in [-0.4, -0.2) is 77.4 Å². The highest BCUT2D eigenvalue weighted by molar-refractivity contribution is 6.05. The van der Waals surface area contributed by atoms with Gasteiger partial charge in [-0.15, -0.1) is 0 Å². The van der Waals surface area contributed by atoms with Crippen LogP contribution in [0.5, 0.6) is 0 Å². The molecular weight excluding hydrogens is 332 g/mol. The Labute approximate surface area is 157 Å². The molecule has 0 radical (unpaired) electrons. The zero-order valence-electron chi connectivity index (χ0n) is 16.5. The Morgan fingerprint density at radius 1 is 1.15 bits per heavy atom. The maximum atomic E-state index is 12.8. The van der Waals surface area contributed by atoms with Crippen LogP contribution in [0.4, 0.5) is 4.79 Å². The molecule has 0 saturated carbocycles. The van der Waals surface area contributed by atoms with Crippen molar-refractivity contribution in [3.63, 3.8) is 0 Å². The number of rotatable bonds is 8. The van der Waals surface area contributed by atoms with Gasteiger partial charge in [0.2, 0.25) is 5.91 Å². The molecule has 7 heteroatoms. The van der Waals surface area contributed by atoms with Crippen molar-refractivity contribution in [2.75, 3.05) is 32.7 Å². The lowest BCUT2D eigenvalue weighted by Gasteiger charge is -2.30. The van der Waals surface area contributed by atoms with E-state index in [4.69, 9.17) is 0 Å². The summed E-state index contributed by atoms with van der Waals surface area (Å²) in [5.41, 5.74) is 0. The molecule has 0 aromatic heterocycles. The van der Waals surface area contributed by atoms with Crippen LogP contribution in [-0.2, 0) is 9.59 Å². The van der Waals surface area contributed by atoms with E-state index in [1.54, 1.807) is 0 Å². The maximum Gasteiger partial charge on any atom is 0.324 e. The molecule has 2 saturated heterocycles. The molecule has 0 spiro atoms. The van der Waals surface area contributed by atoms with Crippen molar-refractivity contribution in [3.05, 3.63) is 0 Å². The topological polar surface area (TPSA) is 73.0 Å². The van der Waals surface area contributed by atoms with Gasteiger partial charge in [-0.25, -0.2) is 4.79 Å². The molecule has 2 rings (SSSR count). The van der Waals surface area contributed by atoms with E-state index in [0.29, 0.717) is 19.5 Å². The summed E-state index contributed by atoms with van der Waals surface area (Å²) in [7, 11) is 0. The average Bonchev–Trinajstić information content (AvgIpc) is 2.78. The average molecular weight is 367 g/mol. The molecule has 0 bridgehead atoms. The number of imide groups is 1. The number of nitrogens with one attached hydrogen (secondary N) is 1. The second kappa shape index (κ2) is 9.90. The Hall–Kier alpha value is -1.63. The first-order valence-corrected chi connectivity index (χ1v) is 10.1. The van der Waals surface area contributed by atoms with Crippen molar-refractivity contribution in [1.29, 1.82) is 0 Å². The van der Waals surface area contributed by atoms with E-state index in [2.05, 4.69) is 10.2 Å². The van der Waals surface area contributed by atoms with Gasteiger partial charge in [0.15, 0.2) is 0 Å². The van der Waals surface area contributed by atoms with E-state index in [0.717, 1.165) is 19.6 Å². The summed E-state index contributed by atoms with van der Waals surface area (Å²) in [6.45, 7) is 10.1. The molecule has 0 aromatic carbocycles. The number of urea groups is 1. The highest BCUT2D eigenvalue weighted by Gasteiger charge is 2.39. The molecule has 2 fully saturated rings. The SMILES string of the molecule is CCCN1C(=O)N[C@H](CC(=O)N(CCN2CCCCCC2)C(C)C)C1=O. The molecule has 0 unspecified atom stereocenters.